The Morgan fingerprint density at radius 1 is 1.50 bits per heavy atom. The van der Waals surface area contributed by atoms with E-state index in [0.717, 1.165) is 6.54 Å². The SMILES string of the molecule is CCNc1c(C=N)nc(C)nc1OC. The zero-order valence-corrected chi connectivity index (χ0v) is 8.59. The van der Waals surface area contributed by atoms with Crippen molar-refractivity contribution in [3.63, 3.8) is 0 Å². The summed E-state index contributed by atoms with van der Waals surface area (Å²) in [6, 6.07) is 0. The van der Waals surface area contributed by atoms with E-state index in [1.807, 2.05) is 6.92 Å². The van der Waals surface area contributed by atoms with Crippen LogP contribution in [0.1, 0.15) is 18.4 Å². The number of ether oxygens (including phenoxy) is 1. The summed E-state index contributed by atoms with van der Waals surface area (Å²) >= 11 is 0. The zero-order chi connectivity index (χ0) is 10.6. The molecule has 5 nitrogen and oxygen atoms in total. The van der Waals surface area contributed by atoms with E-state index in [0.29, 0.717) is 23.1 Å². The number of nitrogens with zero attached hydrogens (tertiary/aromatic N) is 2. The molecule has 0 bridgehead atoms. The van der Waals surface area contributed by atoms with Gasteiger partial charge in [0, 0.05) is 12.8 Å². The molecule has 14 heavy (non-hydrogen) atoms. The van der Waals surface area contributed by atoms with Gasteiger partial charge in [0.25, 0.3) is 0 Å². The normalized spacial score (nSPS) is 9.64. The summed E-state index contributed by atoms with van der Waals surface area (Å²) < 4.78 is 5.10. The van der Waals surface area contributed by atoms with Gasteiger partial charge < -0.3 is 15.5 Å². The Balaban J connectivity index is 3.24. The number of rotatable bonds is 4. The molecule has 0 aromatic carbocycles. The number of methoxy groups -OCH3 is 1. The third kappa shape index (κ3) is 1.99. The number of aryl methyl sites for hydroxylation is 1. The molecular weight excluding hydrogens is 180 g/mol. The number of hydrogen-bond acceptors (Lipinski definition) is 5. The van der Waals surface area contributed by atoms with Gasteiger partial charge in [0.15, 0.2) is 0 Å². The summed E-state index contributed by atoms with van der Waals surface area (Å²) in [5, 5.41) is 10.3. The molecule has 1 aromatic heterocycles. The highest BCUT2D eigenvalue weighted by Crippen LogP contribution is 2.23. The van der Waals surface area contributed by atoms with E-state index in [4.69, 9.17) is 10.1 Å². The van der Waals surface area contributed by atoms with Gasteiger partial charge in [-0.3, -0.25) is 0 Å². The van der Waals surface area contributed by atoms with Gasteiger partial charge in [-0.25, -0.2) is 4.98 Å². The van der Waals surface area contributed by atoms with Crippen LogP contribution in [0.5, 0.6) is 5.88 Å². The molecule has 0 fully saturated rings. The molecule has 0 aliphatic carbocycles. The van der Waals surface area contributed by atoms with Gasteiger partial charge >= 0.3 is 0 Å². The fourth-order valence-electron chi connectivity index (χ4n) is 1.16. The van der Waals surface area contributed by atoms with Gasteiger partial charge in [0.05, 0.1) is 7.11 Å². The third-order valence-corrected chi connectivity index (χ3v) is 1.70. The summed E-state index contributed by atoms with van der Waals surface area (Å²) in [5.41, 5.74) is 1.23. The second-order valence-electron chi connectivity index (χ2n) is 2.72. The summed E-state index contributed by atoms with van der Waals surface area (Å²) in [7, 11) is 1.55. The molecule has 0 amide bonds. The molecule has 0 atom stereocenters. The van der Waals surface area contributed by atoms with Crippen molar-refractivity contribution in [1.82, 2.24) is 9.97 Å². The van der Waals surface area contributed by atoms with Crippen LogP contribution in [0.3, 0.4) is 0 Å². The fourth-order valence-corrected chi connectivity index (χ4v) is 1.16. The average molecular weight is 194 g/mol. The molecule has 76 valence electrons. The number of hydrogen-bond donors (Lipinski definition) is 2. The van der Waals surface area contributed by atoms with Crippen LogP contribution in [-0.4, -0.2) is 29.8 Å². The highest BCUT2D eigenvalue weighted by atomic mass is 16.5. The number of anilines is 1. The fraction of sp³-hybridized carbons (Fsp3) is 0.444. The minimum absolute atomic E-state index is 0.484. The molecule has 2 N–H and O–H groups in total. The molecule has 1 rings (SSSR count). The predicted octanol–water partition coefficient (Wildman–Crippen LogP) is 1.22. The van der Waals surface area contributed by atoms with Gasteiger partial charge in [0.2, 0.25) is 5.88 Å². The first kappa shape index (κ1) is 10.4. The van der Waals surface area contributed by atoms with Crippen molar-refractivity contribution in [3.8, 4) is 5.88 Å². The Morgan fingerprint density at radius 2 is 2.21 bits per heavy atom. The first-order chi connectivity index (χ1) is 6.72. The lowest BCUT2D eigenvalue weighted by molar-refractivity contribution is 0.397. The smallest absolute Gasteiger partial charge is 0.241 e. The van der Waals surface area contributed by atoms with E-state index < -0.39 is 0 Å². The quantitative estimate of drug-likeness (QED) is 0.707. The average Bonchev–Trinajstić information content (AvgIpc) is 2.20. The summed E-state index contributed by atoms with van der Waals surface area (Å²) in [6.07, 6.45) is 1.19. The zero-order valence-electron chi connectivity index (χ0n) is 8.59. The second kappa shape index (κ2) is 4.55. The Hall–Kier alpha value is -1.65. The Bertz CT molecular complexity index is 338. The predicted molar refractivity (Wildman–Crippen MR) is 55.4 cm³/mol. The molecule has 1 heterocycles. The molecule has 1 aromatic rings. The maximum atomic E-state index is 7.22. The molecule has 0 unspecified atom stereocenters. The lowest BCUT2D eigenvalue weighted by Crippen LogP contribution is -2.08. The van der Waals surface area contributed by atoms with E-state index in [9.17, 15) is 0 Å². The van der Waals surface area contributed by atoms with Crippen LogP contribution in [0.15, 0.2) is 0 Å². The summed E-state index contributed by atoms with van der Waals surface area (Å²) in [4.78, 5) is 8.24. The molecule has 0 radical (unpaired) electrons. The minimum atomic E-state index is 0.484. The Morgan fingerprint density at radius 3 is 2.71 bits per heavy atom. The van der Waals surface area contributed by atoms with Crippen molar-refractivity contribution in [2.75, 3.05) is 19.0 Å². The van der Waals surface area contributed by atoms with Crippen LogP contribution >= 0.6 is 0 Å². The van der Waals surface area contributed by atoms with Crippen molar-refractivity contribution < 1.29 is 4.74 Å². The number of aromatic nitrogens is 2. The van der Waals surface area contributed by atoms with Gasteiger partial charge in [-0.1, -0.05) is 0 Å². The van der Waals surface area contributed by atoms with E-state index in [2.05, 4.69) is 15.3 Å². The molecule has 0 aliphatic heterocycles. The van der Waals surface area contributed by atoms with Gasteiger partial charge in [-0.05, 0) is 13.8 Å². The van der Waals surface area contributed by atoms with Gasteiger partial charge in [0.1, 0.15) is 17.2 Å². The molecule has 5 heteroatoms. The second-order valence-corrected chi connectivity index (χ2v) is 2.72. The number of nitrogens with one attached hydrogen (secondary N) is 2. The summed E-state index contributed by atoms with van der Waals surface area (Å²) in [5.74, 6) is 1.08. The Labute approximate surface area is 83.0 Å². The maximum Gasteiger partial charge on any atom is 0.241 e. The summed E-state index contributed by atoms with van der Waals surface area (Å²) in [6.45, 7) is 4.47. The molecule has 0 saturated carbocycles. The van der Waals surface area contributed by atoms with Crippen LogP contribution in [0.25, 0.3) is 0 Å². The van der Waals surface area contributed by atoms with Crippen LogP contribution in [0, 0.1) is 12.3 Å². The van der Waals surface area contributed by atoms with E-state index in [-0.39, 0.29) is 0 Å². The Kier molecular flexibility index (Phi) is 3.39. The van der Waals surface area contributed by atoms with E-state index >= 15 is 0 Å². The van der Waals surface area contributed by atoms with E-state index in [1.54, 1.807) is 14.0 Å². The maximum absolute atomic E-state index is 7.22. The molecule has 0 spiro atoms. The van der Waals surface area contributed by atoms with Gasteiger partial charge in [-0.15, -0.1) is 0 Å². The van der Waals surface area contributed by atoms with Gasteiger partial charge in [-0.2, -0.15) is 4.98 Å². The van der Waals surface area contributed by atoms with Crippen molar-refractivity contribution in [1.29, 1.82) is 5.41 Å². The molecule has 0 saturated heterocycles. The largest absolute Gasteiger partial charge is 0.479 e. The molecular formula is C9H14N4O. The topological polar surface area (TPSA) is 70.9 Å². The minimum Gasteiger partial charge on any atom is -0.479 e. The first-order valence-corrected chi connectivity index (χ1v) is 4.39. The third-order valence-electron chi connectivity index (χ3n) is 1.70. The highest BCUT2D eigenvalue weighted by molar-refractivity contribution is 5.85. The van der Waals surface area contributed by atoms with Crippen LogP contribution in [0.2, 0.25) is 0 Å². The van der Waals surface area contributed by atoms with Crippen LogP contribution < -0.4 is 10.1 Å². The van der Waals surface area contributed by atoms with Crippen LogP contribution in [-0.2, 0) is 0 Å². The lowest BCUT2D eigenvalue weighted by Gasteiger charge is -2.11. The van der Waals surface area contributed by atoms with Crippen molar-refractivity contribution in [2.45, 2.75) is 13.8 Å². The van der Waals surface area contributed by atoms with Crippen LogP contribution in [0.4, 0.5) is 5.69 Å². The van der Waals surface area contributed by atoms with Crippen molar-refractivity contribution >= 4 is 11.9 Å². The highest BCUT2D eigenvalue weighted by Gasteiger charge is 2.10. The van der Waals surface area contributed by atoms with Crippen molar-refractivity contribution in [2.24, 2.45) is 0 Å². The first-order valence-electron chi connectivity index (χ1n) is 4.39. The van der Waals surface area contributed by atoms with Crippen molar-refractivity contribution in [3.05, 3.63) is 11.5 Å². The standard InChI is InChI=1S/C9H14N4O/c1-4-11-8-7(5-10)12-6(2)13-9(8)14-3/h5,10-11H,4H2,1-3H3. The molecule has 0 aliphatic rings. The lowest BCUT2D eigenvalue weighted by atomic mass is 10.3. The van der Waals surface area contributed by atoms with E-state index in [1.165, 1.54) is 6.21 Å². The monoisotopic (exact) mass is 194 g/mol.